The van der Waals surface area contributed by atoms with E-state index < -0.39 is 6.04 Å². The first-order valence-corrected chi connectivity index (χ1v) is 11.0. The maximum Gasteiger partial charge on any atom is 0.237 e. The van der Waals surface area contributed by atoms with Crippen molar-refractivity contribution in [3.63, 3.8) is 0 Å². The third-order valence-corrected chi connectivity index (χ3v) is 6.12. The molecule has 3 rings (SSSR count). The molecule has 0 aromatic heterocycles. The number of ether oxygens (including phenoxy) is 2. The first kappa shape index (κ1) is 23.6. The maximum absolute atomic E-state index is 12.8. The number of likely N-dealkylation sites (N-methyl/N-ethyl adjacent to an activating group) is 1. The van der Waals surface area contributed by atoms with Crippen molar-refractivity contribution in [3.8, 4) is 11.5 Å². The molecule has 2 aromatic rings. The molecule has 1 aliphatic rings. The van der Waals surface area contributed by atoms with Crippen LogP contribution in [-0.2, 0) is 16.1 Å². The molecule has 0 spiro atoms. The topological polar surface area (TPSA) is 71.1 Å². The van der Waals surface area contributed by atoms with Crippen LogP contribution in [0.1, 0.15) is 23.1 Å². The van der Waals surface area contributed by atoms with Crippen molar-refractivity contribution in [2.24, 2.45) is 0 Å². The predicted molar refractivity (Wildman–Crippen MR) is 124 cm³/mol. The van der Waals surface area contributed by atoms with Crippen LogP contribution in [-0.4, -0.2) is 68.1 Å². The molecule has 172 valence electrons. The number of methoxy groups -OCH3 is 1. The number of carbonyl (C=O) groups excluding carboxylic acids is 2. The monoisotopic (exact) mass is 439 g/mol. The van der Waals surface area contributed by atoms with Gasteiger partial charge in [-0.2, -0.15) is 0 Å². The largest absolute Gasteiger partial charge is 0.496 e. The summed E-state index contributed by atoms with van der Waals surface area (Å²) in [6.45, 7) is 6.86. The van der Waals surface area contributed by atoms with Crippen LogP contribution in [0.4, 0.5) is 0 Å². The highest BCUT2D eigenvalue weighted by atomic mass is 16.5. The number of nitrogens with one attached hydrogen (secondary N) is 1. The first-order chi connectivity index (χ1) is 15.4. The lowest BCUT2D eigenvalue weighted by Crippen LogP contribution is -2.56. The van der Waals surface area contributed by atoms with E-state index >= 15 is 0 Å². The Hall–Kier alpha value is -3.06. The Bertz CT molecular complexity index is 932. The van der Waals surface area contributed by atoms with Crippen molar-refractivity contribution in [3.05, 3.63) is 59.2 Å². The number of rotatable bonds is 9. The van der Waals surface area contributed by atoms with Crippen LogP contribution in [0.25, 0.3) is 0 Å². The molecule has 0 radical (unpaired) electrons. The molecule has 2 amide bonds. The van der Waals surface area contributed by atoms with Crippen molar-refractivity contribution in [2.75, 3.05) is 40.4 Å². The van der Waals surface area contributed by atoms with Crippen LogP contribution >= 0.6 is 0 Å². The minimum absolute atomic E-state index is 0.0728. The van der Waals surface area contributed by atoms with Crippen LogP contribution in [0.3, 0.4) is 0 Å². The molecular formula is C25H33N3O4. The Morgan fingerprint density at radius 1 is 1.16 bits per heavy atom. The average Bonchev–Trinajstić information content (AvgIpc) is 2.79. The summed E-state index contributed by atoms with van der Waals surface area (Å²) in [5.74, 6) is 1.46. The highest BCUT2D eigenvalue weighted by molar-refractivity contribution is 5.88. The Morgan fingerprint density at radius 2 is 1.91 bits per heavy atom. The van der Waals surface area contributed by atoms with Gasteiger partial charge in [0, 0.05) is 26.7 Å². The van der Waals surface area contributed by atoms with Gasteiger partial charge in [-0.3, -0.25) is 14.5 Å². The van der Waals surface area contributed by atoms with E-state index in [9.17, 15) is 9.59 Å². The van der Waals surface area contributed by atoms with Gasteiger partial charge in [-0.05, 0) is 48.7 Å². The Morgan fingerprint density at radius 3 is 2.62 bits per heavy atom. The summed E-state index contributed by atoms with van der Waals surface area (Å²) in [7, 11) is 3.41. The average molecular weight is 440 g/mol. The molecule has 1 saturated heterocycles. The molecule has 1 fully saturated rings. The second-order valence-corrected chi connectivity index (χ2v) is 8.14. The van der Waals surface area contributed by atoms with E-state index in [-0.39, 0.29) is 18.2 Å². The first-order valence-electron chi connectivity index (χ1n) is 11.0. The molecule has 32 heavy (non-hydrogen) atoms. The molecule has 0 bridgehead atoms. The zero-order valence-electron chi connectivity index (χ0n) is 19.4. The number of nitrogens with zero attached hydrogens (tertiary/aromatic N) is 2. The van der Waals surface area contributed by atoms with Gasteiger partial charge in [0.25, 0.3) is 0 Å². The SMILES string of the molecule is COc1ccc(CN2CCNC(=O)[C@@H]2CC(=O)N(C)CCOc2ccccc2)c(C)c1C. The lowest BCUT2D eigenvalue weighted by Gasteiger charge is -2.36. The van der Waals surface area contributed by atoms with E-state index in [2.05, 4.69) is 17.1 Å². The highest BCUT2D eigenvalue weighted by Gasteiger charge is 2.32. The van der Waals surface area contributed by atoms with E-state index in [1.165, 1.54) is 0 Å². The number of hydrogen-bond donors (Lipinski definition) is 1. The van der Waals surface area contributed by atoms with E-state index in [0.717, 1.165) is 28.2 Å². The number of piperazine rings is 1. The summed E-state index contributed by atoms with van der Waals surface area (Å²) < 4.78 is 11.1. The van der Waals surface area contributed by atoms with Gasteiger partial charge in [0.15, 0.2) is 0 Å². The van der Waals surface area contributed by atoms with E-state index in [0.29, 0.717) is 32.8 Å². The van der Waals surface area contributed by atoms with Crippen molar-refractivity contribution < 1.29 is 19.1 Å². The summed E-state index contributed by atoms with van der Waals surface area (Å²) in [6.07, 6.45) is 0.141. The lowest BCUT2D eigenvalue weighted by atomic mass is 10.00. The highest BCUT2D eigenvalue weighted by Crippen LogP contribution is 2.26. The molecule has 7 heteroatoms. The summed E-state index contributed by atoms with van der Waals surface area (Å²) in [5, 5.41) is 2.91. The summed E-state index contributed by atoms with van der Waals surface area (Å²) in [6, 6.07) is 13.0. The lowest BCUT2D eigenvalue weighted by molar-refractivity contribution is -0.138. The van der Waals surface area contributed by atoms with E-state index in [1.54, 1.807) is 19.1 Å². The van der Waals surface area contributed by atoms with Gasteiger partial charge in [-0.15, -0.1) is 0 Å². The number of amides is 2. The molecule has 2 aromatic carbocycles. The molecule has 1 atom stereocenters. The van der Waals surface area contributed by atoms with Crippen molar-refractivity contribution in [1.82, 2.24) is 15.1 Å². The molecule has 1 N–H and O–H groups in total. The van der Waals surface area contributed by atoms with Gasteiger partial charge in [0.2, 0.25) is 11.8 Å². The third kappa shape index (κ3) is 5.79. The van der Waals surface area contributed by atoms with Crippen LogP contribution in [0, 0.1) is 13.8 Å². The smallest absolute Gasteiger partial charge is 0.237 e. The Labute approximate surface area is 190 Å². The normalized spacial score (nSPS) is 16.4. The predicted octanol–water partition coefficient (Wildman–Crippen LogP) is 2.54. The van der Waals surface area contributed by atoms with Gasteiger partial charge in [0.05, 0.1) is 26.1 Å². The van der Waals surface area contributed by atoms with Crippen molar-refractivity contribution in [1.29, 1.82) is 0 Å². The quantitative estimate of drug-likeness (QED) is 0.650. The van der Waals surface area contributed by atoms with Gasteiger partial charge < -0.3 is 19.7 Å². The second kappa shape index (κ2) is 11.0. The van der Waals surface area contributed by atoms with E-state index in [4.69, 9.17) is 9.47 Å². The fourth-order valence-electron chi connectivity index (χ4n) is 3.90. The standard InChI is InChI=1S/C25H33N3O4/c1-18-19(2)23(31-4)11-10-20(18)17-28-13-12-26-25(30)22(28)16-24(29)27(3)14-15-32-21-8-6-5-7-9-21/h5-11,22H,12-17H2,1-4H3,(H,26,30)/t22-/m0/s1. The zero-order valence-corrected chi connectivity index (χ0v) is 19.4. The van der Waals surface area contributed by atoms with Gasteiger partial charge in [0.1, 0.15) is 18.1 Å². The van der Waals surface area contributed by atoms with Gasteiger partial charge in [-0.25, -0.2) is 0 Å². The summed E-state index contributed by atoms with van der Waals surface area (Å²) >= 11 is 0. The molecule has 0 aliphatic carbocycles. The minimum atomic E-state index is -0.490. The van der Waals surface area contributed by atoms with Crippen LogP contribution in [0.2, 0.25) is 0 Å². The molecular weight excluding hydrogens is 406 g/mol. The van der Waals surface area contributed by atoms with Crippen LogP contribution in [0.5, 0.6) is 11.5 Å². The molecule has 0 unspecified atom stereocenters. The van der Waals surface area contributed by atoms with Gasteiger partial charge in [-0.1, -0.05) is 24.3 Å². The number of carbonyl (C=O) groups is 2. The third-order valence-electron chi connectivity index (χ3n) is 6.12. The fraction of sp³-hybridized carbons (Fsp3) is 0.440. The molecule has 7 nitrogen and oxygen atoms in total. The van der Waals surface area contributed by atoms with Gasteiger partial charge >= 0.3 is 0 Å². The Kier molecular flexibility index (Phi) is 8.11. The minimum Gasteiger partial charge on any atom is -0.496 e. The zero-order chi connectivity index (χ0) is 23.1. The molecule has 1 aliphatic heterocycles. The fourth-order valence-corrected chi connectivity index (χ4v) is 3.90. The molecule has 1 heterocycles. The van der Waals surface area contributed by atoms with Crippen LogP contribution < -0.4 is 14.8 Å². The van der Waals surface area contributed by atoms with Crippen molar-refractivity contribution in [2.45, 2.75) is 32.9 Å². The summed E-state index contributed by atoms with van der Waals surface area (Å²) in [4.78, 5) is 29.2. The molecule has 0 saturated carbocycles. The van der Waals surface area contributed by atoms with Crippen molar-refractivity contribution >= 4 is 11.8 Å². The number of para-hydroxylation sites is 1. The van der Waals surface area contributed by atoms with Crippen LogP contribution in [0.15, 0.2) is 42.5 Å². The Balaban J connectivity index is 1.60. The maximum atomic E-state index is 12.8. The number of hydrogen-bond acceptors (Lipinski definition) is 5. The summed E-state index contributed by atoms with van der Waals surface area (Å²) in [5.41, 5.74) is 3.38. The number of benzene rings is 2. The second-order valence-electron chi connectivity index (χ2n) is 8.14. The van der Waals surface area contributed by atoms with E-state index in [1.807, 2.05) is 49.4 Å².